The average molecular weight is 722 g/mol. The van der Waals surface area contributed by atoms with Gasteiger partial charge in [-0.25, -0.2) is 0 Å². The Balaban J connectivity index is 1.05. The topological polar surface area (TPSA) is 122 Å². The zero-order chi connectivity index (χ0) is 36.7. The number of imide groups is 1. The number of likely N-dealkylation sites (tertiary alicyclic amines) is 1. The minimum absolute atomic E-state index is 0.127. The van der Waals surface area contributed by atoms with Crippen molar-refractivity contribution in [2.45, 2.75) is 25.2 Å². The van der Waals surface area contributed by atoms with E-state index in [0.29, 0.717) is 47.4 Å². The van der Waals surface area contributed by atoms with Gasteiger partial charge in [-0.1, -0.05) is 109 Å². The van der Waals surface area contributed by atoms with Crippen molar-refractivity contribution >= 4 is 46.6 Å². The number of hydrogen-bond donors (Lipinski definition) is 2. The number of ketones is 1. The maximum Gasteiger partial charge on any atom is 0.290 e. The molecule has 2 atom stereocenters. The fourth-order valence-corrected chi connectivity index (χ4v) is 7.17. The fourth-order valence-electron chi connectivity index (χ4n) is 6.49. The molecule has 2 aliphatic heterocycles. The molecule has 0 radical (unpaired) electrons. The van der Waals surface area contributed by atoms with Crippen molar-refractivity contribution < 1.29 is 28.7 Å². The largest absolute Gasteiger partial charge is 0.372 e. The van der Waals surface area contributed by atoms with Gasteiger partial charge in [0.05, 0.1) is 23.7 Å². The van der Waals surface area contributed by atoms with Crippen molar-refractivity contribution in [2.75, 3.05) is 13.1 Å². The van der Waals surface area contributed by atoms with Crippen LogP contribution in [0.25, 0.3) is 17.2 Å². The number of carbonyl (C=O) groups is 5. The normalized spacial score (nSPS) is 17.5. The number of thioether (sulfide) groups is 1. The highest BCUT2D eigenvalue weighted by Gasteiger charge is 2.36. The number of ether oxygens (including phenoxy) is 1. The van der Waals surface area contributed by atoms with E-state index in [9.17, 15) is 24.0 Å². The van der Waals surface area contributed by atoms with Crippen LogP contribution in [0.1, 0.15) is 54.2 Å². The minimum atomic E-state index is -0.447. The van der Waals surface area contributed by atoms with E-state index in [1.165, 1.54) is 0 Å². The molecule has 0 saturated carbocycles. The van der Waals surface area contributed by atoms with Crippen LogP contribution in [0, 0.1) is 0 Å². The molecule has 0 aromatic heterocycles. The Labute approximate surface area is 311 Å². The van der Waals surface area contributed by atoms with Gasteiger partial charge in [-0.2, -0.15) is 0 Å². The lowest BCUT2D eigenvalue weighted by Crippen LogP contribution is -2.43. The average Bonchev–Trinajstić information content (AvgIpc) is 3.77. The van der Waals surface area contributed by atoms with Crippen LogP contribution in [0.2, 0.25) is 0 Å². The summed E-state index contributed by atoms with van der Waals surface area (Å²) in [5, 5.41) is 4.79. The molecule has 0 aliphatic carbocycles. The number of carbonyl (C=O) groups excluding carboxylic acids is 5. The molecule has 2 aliphatic rings. The molecule has 0 unspecified atom stereocenters. The van der Waals surface area contributed by atoms with Crippen molar-refractivity contribution in [3.8, 4) is 11.1 Å². The van der Waals surface area contributed by atoms with Gasteiger partial charge in [0, 0.05) is 35.3 Å². The fraction of sp³-hybridized carbons (Fsp3) is 0.140. The first-order valence-electron chi connectivity index (χ1n) is 17.2. The number of nitrogens with zero attached hydrogens (tertiary/aromatic N) is 1. The number of amides is 4. The SMILES string of the molecule is O=C1NC(=O)/C(=C/c2ccc(C(=O)NC[C@@H]3C[C@@H](OCc4ccccc4-c4ccccc4)CN3C(=O)c3ccc(C(=O)c4ccccc4)cc3)cc2)S1. The molecule has 5 aromatic rings. The molecule has 0 bridgehead atoms. The standard InChI is InChI=1S/C43H35N3O6S/c47-39(30-11-5-2-6-12-30)31-19-21-33(22-20-31)42(50)46-26-36(52-27-34-13-7-8-14-37(34)29-9-3-1-4-10-29)24-35(46)25-44-40(48)32-17-15-28(16-18-32)23-38-41(49)45-43(51)53-38/h1-23,35-36H,24-27H2,(H,44,48)(H,45,49,51)/b38-23-/t35-,36+/m0/s1. The molecule has 9 nitrogen and oxygen atoms in total. The van der Waals surface area contributed by atoms with E-state index in [0.717, 1.165) is 28.5 Å². The Morgan fingerprint density at radius 1 is 0.755 bits per heavy atom. The van der Waals surface area contributed by atoms with Crippen LogP contribution in [-0.2, 0) is 16.1 Å². The molecule has 4 amide bonds. The number of hydrogen-bond acceptors (Lipinski definition) is 7. The van der Waals surface area contributed by atoms with E-state index < -0.39 is 11.1 Å². The second-order valence-corrected chi connectivity index (χ2v) is 13.8. The monoisotopic (exact) mass is 721 g/mol. The molecule has 2 heterocycles. The third-order valence-corrected chi connectivity index (χ3v) is 10.1. The summed E-state index contributed by atoms with van der Waals surface area (Å²) in [7, 11) is 0. The number of nitrogens with one attached hydrogen (secondary N) is 2. The molecule has 5 aromatic carbocycles. The van der Waals surface area contributed by atoms with E-state index in [4.69, 9.17) is 4.74 Å². The lowest BCUT2D eigenvalue weighted by Gasteiger charge is -2.25. The zero-order valence-corrected chi connectivity index (χ0v) is 29.4. The summed E-state index contributed by atoms with van der Waals surface area (Å²) in [4.78, 5) is 65.7. The van der Waals surface area contributed by atoms with Gasteiger partial charge in [-0.15, -0.1) is 0 Å². The molecule has 2 saturated heterocycles. The van der Waals surface area contributed by atoms with Gasteiger partial charge < -0.3 is 15.0 Å². The highest BCUT2D eigenvalue weighted by Crippen LogP contribution is 2.28. The molecule has 7 rings (SSSR count). The van der Waals surface area contributed by atoms with Gasteiger partial charge in [0.15, 0.2) is 5.78 Å². The predicted octanol–water partition coefficient (Wildman–Crippen LogP) is 7.14. The van der Waals surface area contributed by atoms with Crippen molar-refractivity contribution in [1.82, 2.24) is 15.5 Å². The predicted molar refractivity (Wildman–Crippen MR) is 204 cm³/mol. The van der Waals surface area contributed by atoms with Gasteiger partial charge >= 0.3 is 0 Å². The summed E-state index contributed by atoms with van der Waals surface area (Å²) < 4.78 is 6.46. The van der Waals surface area contributed by atoms with Crippen molar-refractivity contribution in [3.63, 3.8) is 0 Å². The molecule has 0 spiro atoms. The molecule has 2 fully saturated rings. The Morgan fingerprint density at radius 2 is 1.38 bits per heavy atom. The highest BCUT2D eigenvalue weighted by molar-refractivity contribution is 8.18. The van der Waals surface area contributed by atoms with E-state index in [2.05, 4.69) is 28.8 Å². The Kier molecular flexibility index (Phi) is 10.7. The van der Waals surface area contributed by atoms with E-state index in [1.54, 1.807) is 71.6 Å². The first-order chi connectivity index (χ1) is 25.8. The Hall–Kier alpha value is -6.10. The summed E-state index contributed by atoms with van der Waals surface area (Å²) in [5.41, 5.74) is 5.77. The molecular weight excluding hydrogens is 687 g/mol. The Morgan fingerprint density at radius 3 is 2.08 bits per heavy atom. The third-order valence-electron chi connectivity index (χ3n) is 9.25. The molecule has 2 N–H and O–H groups in total. The van der Waals surface area contributed by atoms with Crippen molar-refractivity contribution in [2.24, 2.45) is 0 Å². The van der Waals surface area contributed by atoms with E-state index in [-0.39, 0.29) is 41.2 Å². The summed E-state index contributed by atoms with van der Waals surface area (Å²) in [5.74, 6) is -1.11. The molecule has 10 heteroatoms. The van der Waals surface area contributed by atoms with E-state index >= 15 is 0 Å². The van der Waals surface area contributed by atoms with Crippen LogP contribution in [0.5, 0.6) is 0 Å². The summed E-state index contributed by atoms with van der Waals surface area (Å²) in [6.07, 6.45) is 1.82. The maximum absolute atomic E-state index is 14.0. The van der Waals surface area contributed by atoms with Crippen LogP contribution >= 0.6 is 11.8 Å². The lowest BCUT2D eigenvalue weighted by molar-refractivity contribution is -0.115. The molecule has 53 heavy (non-hydrogen) atoms. The second kappa shape index (κ2) is 16.1. The lowest BCUT2D eigenvalue weighted by atomic mass is 10.0. The molecular formula is C43H35N3O6S. The number of rotatable bonds is 11. The van der Waals surface area contributed by atoms with Crippen LogP contribution in [0.4, 0.5) is 4.79 Å². The highest BCUT2D eigenvalue weighted by atomic mass is 32.2. The van der Waals surface area contributed by atoms with Gasteiger partial charge in [0.1, 0.15) is 0 Å². The van der Waals surface area contributed by atoms with Crippen molar-refractivity contribution in [1.29, 1.82) is 0 Å². The quantitative estimate of drug-likeness (QED) is 0.110. The van der Waals surface area contributed by atoms with Crippen LogP contribution in [-0.4, -0.2) is 58.9 Å². The van der Waals surface area contributed by atoms with E-state index in [1.807, 2.05) is 54.6 Å². The van der Waals surface area contributed by atoms with Gasteiger partial charge in [0.2, 0.25) is 0 Å². The van der Waals surface area contributed by atoms with Gasteiger partial charge in [0.25, 0.3) is 23.0 Å². The van der Waals surface area contributed by atoms with Crippen LogP contribution < -0.4 is 10.6 Å². The van der Waals surface area contributed by atoms with Gasteiger partial charge in [-0.05, 0) is 70.8 Å². The third kappa shape index (κ3) is 8.35. The van der Waals surface area contributed by atoms with Crippen LogP contribution in [0.3, 0.4) is 0 Å². The van der Waals surface area contributed by atoms with Crippen LogP contribution in [0.15, 0.2) is 138 Å². The molecule has 264 valence electrons. The van der Waals surface area contributed by atoms with Crippen molar-refractivity contribution in [3.05, 3.63) is 172 Å². The smallest absolute Gasteiger partial charge is 0.290 e. The van der Waals surface area contributed by atoms with Gasteiger partial charge in [-0.3, -0.25) is 29.3 Å². The summed E-state index contributed by atoms with van der Waals surface area (Å²) in [6, 6.07) is 40.2. The first-order valence-corrected chi connectivity index (χ1v) is 18.0. The second-order valence-electron chi connectivity index (χ2n) is 12.8. The number of benzene rings is 5. The summed E-state index contributed by atoms with van der Waals surface area (Å²) >= 11 is 0.829. The maximum atomic E-state index is 14.0. The minimum Gasteiger partial charge on any atom is -0.372 e. The summed E-state index contributed by atoms with van der Waals surface area (Å²) in [6.45, 7) is 0.874. The Bertz CT molecular complexity index is 2190. The zero-order valence-electron chi connectivity index (χ0n) is 28.6. The first kappa shape index (κ1) is 35.3.